The number of halogens is 2. The molecule has 0 bridgehead atoms. The first kappa shape index (κ1) is 14.1. The summed E-state index contributed by atoms with van der Waals surface area (Å²) >= 11 is 0. The van der Waals surface area contributed by atoms with Crippen LogP contribution < -0.4 is 5.73 Å². The number of nitrogens with zero attached hydrogens (tertiary/aromatic N) is 2. The molecule has 2 N–H and O–H groups in total. The Morgan fingerprint density at radius 1 is 0.955 bits per heavy atom. The number of aromatic nitrogens is 2. The average Bonchev–Trinajstić information content (AvgIpc) is 2.51. The van der Waals surface area contributed by atoms with Gasteiger partial charge in [-0.05, 0) is 53.9 Å². The van der Waals surface area contributed by atoms with E-state index in [2.05, 4.69) is 9.97 Å². The van der Waals surface area contributed by atoms with E-state index in [4.69, 9.17) is 5.73 Å². The maximum absolute atomic E-state index is 13.9. The summed E-state index contributed by atoms with van der Waals surface area (Å²) in [5, 5.41) is 0. The minimum absolute atomic E-state index is 0.0308. The normalized spacial score (nSPS) is 10.7. The molecule has 0 spiro atoms. The average molecular weight is 297 g/mol. The van der Waals surface area contributed by atoms with Crippen LogP contribution in [0.4, 0.5) is 14.5 Å². The molecule has 2 heterocycles. The molecular weight excluding hydrogens is 284 g/mol. The van der Waals surface area contributed by atoms with Gasteiger partial charge in [0.05, 0.1) is 11.4 Å². The van der Waals surface area contributed by atoms with E-state index >= 15 is 0 Å². The summed E-state index contributed by atoms with van der Waals surface area (Å²) in [6.07, 6.45) is 3.23. The third-order valence-corrected chi connectivity index (χ3v) is 3.42. The molecule has 3 aromatic rings. The molecule has 110 valence electrons. The van der Waals surface area contributed by atoms with Gasteiger partial charge in [0.15, 0.2) is 0 Å². The Kier molecular flexibility index (Phi) is 3.55. The molecule has 0 aliphatic rings. The molecular formula is C17H13F2N3. The number of benzene rings is 1. The molecule has 3 rings (SSSR count). The SMILES string of the molecule is Cc1cc(F)c(N)cc1-c1cc(F)nc(-c2ccncc2)c1. The van der Waals surface area contributed by atoms with Gasteiger partial charge < -0.3 is 5.73 Å². The van der Waals surface area contributed by atoms with E-state index in [1.807, 2.05) is 0 Å². The molecule has 0 unspecified atom stereocenters. The van der Waals surface area contributed by atoms with Gasteiger partial charge in [0.25, 0.3) is 0 Å². The van der Waals surface area contributed by atoms with Crippen LogP contribution >= 0.6 is 0 Å². The number of hydrogen-bond acceptors (Lipinski definition) is 3. The van der Waals surface area contributed by atoms with Crippen molar-refractivity contribution >= 4 is 5.69 Å². The van der Waals surface area contributed by atoms with E-state index in [0.717, 1.165) is 5.56 Å². The maximum Gasteiger partial charge on any atom is 0.214 e. The molecule has 0 fully saturated rings. The second kappa shape index (κ2) is 5.52. The molecule has 0 atom stereocenters. The lowest BCUT2D eigenvalue weighted by Gasteiger charge is -2.10. The monoisotopic (exact) mass is 297 g/mol. The first-order valence-electron chi connectivity index (χ1n) is 6.68. The third kappa shape index (κ3) is 2.65. The summed E-state index contributed by atoms with van der Waals surface area (Å²) in [6, 6.07) is 9.40. The fourth-order valence-electron chi connectivity index (χ4n) is 2.32. The van der Waals surface area contributed by atoms with Crippen LogP contribution in [-0.2, 0) is 0 Å². The van der Waals surface area contributed by atoms with Crippen molar-refractivity contribution in [2.45, 2.75) is 6.92 Å². The van der Waals surface area contributed by atoms with Crippen LogP contribution in [-0.4, -0.2) is 9.97 Å². The van der Waals surface area contributed by atoms with Gasteiger partial charge in [0.2, 0.25) is 5.95 Å². The lowest BCUT2D eigenvalue weighted by atomic mass is 9.98. The molecule has 0 saturated heterocycles. The maximum atomic E-state index is 13.9. The Bertz CT molecular complexity index is 833. The molecule has 0 aliphatic heterocycles. The molecule has 2 aromatic heterocycles. The molecule has 0 saturated carbocycles. The van der Waals surface area contributed by atoms with Crippen LogP contribution in [0.5, 0.6) is 0 Å². The Morgan fingerprint density at radius 3 is 2.41 bits per heavy atom. The van der Waals surface area contributed by atoms with Crippen molar-refractivity contribution in [3.05, 3.63) is 66.1 Å². The number of pyridine rings is 2. The molecule has 0 radical (unpaired) electrons. The summed E-state index contributed by atoms with van der Waals surface area (Å²) in [5.41, 5.74) is 8.85. The number of nitrogens with two attached hydrogens (primary N) is 1. The minimum Gasteiger partial charge on any atom is -0.396 e. The Morgan fingerprint density at radius 2 is 1.68 bits per heavy atom. The van der Waals surface area contributed by atoms with Crippen molar-refractivity contribution < 1.29 is 8.78 Å². The zero-order valence-corrected chi connectivity index (χ0v) is 11.8. The molecule has 22 heavy (non-hydrogen) atoms. The third-order valence-electron chi connectivity index (χ3n) is 3.42. The van der Waals surface area contributed by atoms with E-state index in [1.165, 1.54) is 18.2 Å². The summed E-state index contributed by atoms with van der Waals surface area (Å²) in [5.74, 6) is -1.09. The van der Waals surface area contributed by atoms with Crippen molar-refractivity contribution in [3.8, 4) is 22.4 Å². The van der Waals surface area contributed by atoms with Crippen LogP contribution in [0.25, 0.3) is 22.4 Å². The highest BCUT2D eigenvalue weighted by Gasteiger charge is 2.11. The van der Waals surface area contributed by atoms with E-state index in [-0.39, 0.29) is 5.69 Å². The van der Waals surface area contributed by atoms with Gasteiger partial charge >= 0.3 is 0 Å². The van der Waals surface area contributed by atoms with E-state index < -0.39 is 11.8 Å². The van der Waals surface area contributed by atoms with Crippen molar-refractivity contribution in [3.63, 3.8) is 0 Å². The molecule has 0 aliphatic carbocycles. The Balaban J connectivity index is 2.17. The summed E-state index contributed by atoms with van der Waals surface area (Å²) in [4.78, 5) is 7.83. The van der Waals surface area contributed by atoms with Gasteiger partial charge in [0, 0.05) is 24.0 Å². The summed E-state index contributed by atoms with van der Waals surface area (Å²) < 4.78 is 27.4. The summed E-state index contributed by atoms with van der Waals surface area (Å²) in [6.45, 7) is 1.75. The van der Waals surface area contributed by atoms with Gasteiger partial charge in [-0.15, -0.1) is 0 Å². The number of anilines is 1. The van der Waals surface area contributed by atoms with E-state index in [0.29, 0.717) is 22.4 Å². The van der Waals surface area contributed by atoms with Crippen molar-refractivity contribution in [2.24, 2.45) is 0 Å². The smallest absolute Gasteiger partial charge is 0.214 e. The number of nitrogen functional groups attached to an aromatic ring is 1. The molecule has 3 nitrogen and oxygen atoms in total. The first-order valence-corrected chi connectivity index (χ1v) is 6.68. The minimum atomic E-state index is -0.605. The lowest BCUT2D eigenvalue weighted by Crippen LogP contribution is -1.96. The van der Waals surface area contributed by atoms with Crippen molar-refractivity contribution in [1.82, 2.24) is 9.97 Å². The second-order valence-electron chi connectivity index (χ2n) is 4.99. The molecule has 5 heteroatoms. The van der Waals surface area contributed by atoms with E-state index in [1.54, 1.807) is 37.5 Å². The van der Waals surface area contributed by atoms with Crippen LogP contribution in [0.3, 0.4) is 0 Å². The van der Waals surface area contributed by atoms with Crippen LogP contribution in [0.15, 0.2) is 48.8 Å². The van der Waals surface area contributed by atoms with Crippen molar-refractivity contribution in [1.29, 1.82) is 0 Å². The van der Waals surface area contributed by atoms with Crippen molar-refractivity contribution in [2.75, 3.05) is 5.73 Å². The second-order valence-corrected chi connectivity index (χ2v) is 4.99. The predicted molar refractivity (Wildman–Crippen MR) is 82.0 cm³/mol. The highest BCUT2D eigenvalue weighted by molar-refractivity contribution is 5.74. The quantitative estimate of drug-likeness (QED) is 0.575. The van der Waals surface area contributed by atoms with Crippen LogP contribution in [0.1, 0.15) is 5.56 Å². The topological polar surface area (TPSA) is 51.8 Å². The summed E-state index contributed by atoms with van der Waals surface area (Å²) in [7, 11) is 0. The Hall–Kier alpha value is -2.82. The largest absolute Gasteiger partial charge is 0.396 e. The zero-order valence-electron chi connectivity index (χ0n) is 11.8. The fourth-order valence-corrected chi connectivity index (χ4v) is 2.32. The molecule has 0 amide bonds. The highest BCUT2D eigenvalue weighted by Crippen LogP contribution is 2.30. The number of aryl methyl sites for hydroxylation is 1. The fraction of sp³-hybridized carbons (Fsp3) is 0.0588. The van der Waals surface area contributed by atoms with Gasteiger partial charge in [-0.3, -0.25) is 4.98 Å². The number of rotatable bonds is 2. The van der Waals surface area contributed by atoms with Crippen LogP contribution in [0.2, 0.25) is 0 Å². The van der Waals surface area contributed by atoms with Crippen LogP contribution in [0, 0.1) is 18.7 Å². The van der Waals surface area contributed by atoms with Gasteiger partial charge in [-0.1, -0.05) is 0 Å². The van der Waals surface area contributed by atoms with Gasteiger partial charge in [-0.25, -0.2) is 9.37 Å². The Labute approximate surface area is 126 Å². The predicted octanol–water partition coefficient (Wildman–Crippen LogP) is 3.98. The van der Waals surface area contributed by atoms with Gasteiger partial charge in [-0.2, -0.15) is 4.39 Å². The zero-order chi connectivity index (χ0) is 15.7. The standard InChI is InChI=1S/C17H13F2N3/c1-10-6-14(18)15(20)9-13(10)12-7-16(22-17(19)8-12)11-2-4-21-5-3-11/h2-9H,20H2,1H3. The highest BCUT2D eigenvalue weighted by atomic mass is 19.1. The molecule has 1 aromatic carbocycles. The lowest BCUT2D eigenvalue weighted by molar-refractivity contribution is 0.586. The van der Waals surface area contributed by atoms with Gasteiger partial charge in [0.1, 0.15) is 5.82 Å². The number of hydrogen-bond donors (Lipinski definition) is 1. The van der Waals surface area contributed by atoms with E-state index in [9.17, 15) is 8.78 Å². The first-order chi connectivity index (χ1) is 10.5.